The monoisotopic (exact) mass is 370 g/mol. The third-order valence-corrected chi connectivity index (χ3v) is 5.06. The number of nitrogens with one attached hydrogen (secondary N) is 1. The molecule has 2 aliphatic rings. The predicted octanol–water partition coefficient (Wildman–Crippen LogP) is 1.88. The molecule has 0 amide bonds. The van der Waals surface area contributed by atoms with Crippen molar-refractivity contribution in [2.24, 2.45) is 5.92 Å². The molecular formula is C19H26N6O2. The highest BCUT2D eigenvalue weighted by atomic mass is 16.5. The van der Waals surface area contributed by atoms with E-state index in [1.165, 1.54) is 0 Å². The van der Waals surface area contributed by atoms with Gasteiger partial charge in [0, 0.05) is 43.4 Å². The second-order valence-corrected chi connectivity index (χ2v) is 7.58. The number of aromatic nitrogens is 4. The number of hydrogen-bond donors (Lipinski definition) is 1. The van der Waals surface area contributed by atoms with Crippen LogP contribution in [0.1, 0.15) is 38.8 Å². The van der Waals surface area contributed by atoms with Crippen LogP contribution in [-0.4, -0.2) is 45.3 Å². The molecular weight excluding hydrogens is 344 g/mol. The van der Waals surface area contributed by atoms with Crippen molar-refractivity contribution in [1.82, 2.24) is 19.5 Å². The van der Waals surface area contributed by atoms with Gasteiger partial charge in [0.05, 0.1) is 6.61 Å². The Kier molecular flexibility index (Phi) is 4.72. The van der Waals surface area contributed by atoms with Crippen LogP contribution in [0.4, 0.5) is 11.9 Å². The first-order valence-corrected chi connectivity index (χ1v) is 9.63. The highest BCUT2D eigenvalue weighted by Crippen LogP contribution is 2.36. The number of ether oxygens (including phenoxy) is 1. The van der Waals surface area contributed by atoms with Crippen molar-refractivity contribution in [3.63, 3.8) is 0 Å². The summed E-state index contributed by atoms with van der Waals surface area (Å²) >= 11 is 0. The molecule has 2 aliphatic heterocycles. The molecule has 0 aliphatic carbocycles. The highest BCUT2D eigenvalue weighted by molar-refractivity contribution is 5.40. The summed E-state index contributed by atoms with van der Waals surface area (Å²) in [5.41, 5.74) is 1.21. The first-order chi connectivity index (χ1) is 13.0. The van der Waals surface area contributed by atoms with Crippen molar-refractivity contribution in [2.75, 3.05) is 29.9 Å². The number of piperidine rings is 1. The van der Waals surface area contributed by atoms with Gasteiger partial charge in [-0.2, -0.15) is 15.0 Å². The Hall–Kier alpha value is -2.64. The lowest BCUT2D eigenvalue weighted by Gasteiger charge is -2.42. The molecule has 2 bridgehead atoms. The number of anilines is 2. The van der Waals surface area contributed by atoms with Gasteiger partial charge in [-0.1, -0.05) is 6.07 Å². The van der Waals surface area contributed by atoms with E-state index in [0.29, 0.717) is 36.3 Å². The van der Waals surface area contributed by atoms with Crippen LogP contribution in [0.15, 0.2) is 23.0 Å². The van der Waals surface area contributed by atoms with Gasteiger partial charge in [0.2, 0.25) is 11.9 Å². The Labute approximate surface area is 158 Å². The standard InChI is InChI=1S/C19H26N6O2/c1-4-27-19-22-17(20-12(2)3)21-18(23-19)24-9-13-8-14(11-24)15-6-5-7-16(26)25(15)10-13/h5-7,12-14H,4,8-11H2,1-3H3,(H,20,21,22,23)/t13-,14+/m0/s1. The van der Waals surface area contributed by atoms with Crippen molar-refractivity contribution < 1.29 is 4.74 Å². The van der Waals surface area contributed by atoms with Crippen LogP contribution in [0, 0.1) is 5.92 Å². The van der Waals surface area contributed by atoms with E-state index in [2.05, 4.69) is 31.2 Å². The largest absolute Gasteiger partial charge is 0.464 e. The molecule has 27 heavy (non-hydrogen) atoms. The van der Waals surface area contributed by atoms with Crippen LogP contribution in [0.2, 0.25) is 0 Å². The Balaban J connectivity index is 1.65. The van der Waals surface area contributed by atoms with Gasteiger partial charge in [0.15, 0.2) is 0 Å². The van der Waals surface area contributed by atoms with Crippen LogP contribution in [0.25, 0.3) is 0 Å². The normalized spacial score (nSPS) is 21.1. The fraction of sp³-hybridized carbons (Fsp3) is 0.579. The maximum atomic E-state index is 12.2. The number of rotatable bonds is 5. The van der Waals surface area contributed by atoms with Gasteiger partial charge in [-0.05, 0) is 39.2 Å². The third kappa shape index (κ3) is 3.61. The summed E-state index contributed by atoms with van der Waals surface area (Å²) in [6.07, 6.45) is 1.10. The number of nitrogens with zero attached hydrogens (tertiary/aromatic N) is 5. The Morgan fingerprint density at radius 2 is 2.07 bits per heavy atom. The van der Waals surface area contributed by atoms with Crippen LogP contribution >= 0.6 is 0 Å². The lowest BCUT2D eigenvalue weighted by molar-refractivity contribution is 0.277. The van der Waals surface area contributed by atoms with Crippen LogP contribution in [0.5, 0.6) is 6.01 Å². The van der Waals surface area contributed by atoms with Crippen LogP contribution < -0.4 is 20.5 Å². The molecule has 2 aromatic heterocycles. The molecule has 0 aromatic carbocycles. The molecule has 1 fully saturated rings. The Bertz CT molecular complexity index is 881. The summed E-state index contributed by atoms with van der Waals surface area (Å²) in [5, 5.41) is 3.24. The third-order valence-electron chi connectivity index (χ3n) is 5.06. The number of pyridine rings is 1. The zero-order valence-electron chi connectivity index (χ0n) is 16.1. The molecule has 0 radical (unpaired) electrons. The molecule has 2 aromatic rings. The molecule has 144 valence electrons. The van der Waals surface area contributed by atoms with E-state index in [-0.39, 0.29) is 11.6 Å². The first-order valence-electron chi connectivity index (χ1n) is 9.63. The summed E-state index contributed by atoms with van der Waals surface area (Å²) < 4.78 is 7.48. The molecule has 2 atom stereocenters. The Morgan fingerprint density at radius 1 is 1.22 bits per heavy atom. The number of fused-ring (bicyclic) bond motifs is 4. The van der Waals surface area contributed by atoms with Gasteiger partial charge in [0.25, 0.3) is 5.56 Å². The minimum atomic E-state index is 0.0952. The average Bonchev–Trinajstić information content (AvgIpc) is 2.62. The molecule has 0 spiro atoms. The summed E-state index contributed by atoms with van der Waals surface area (Å²) in [4.78, 5) is 27.9. The highest BCUT2D eigenvalue weighted by Gasteiger charge is 2.35. The summed E-state index contributed by atoms with van der Waals surface area (Å²) in [6.45, 7) is 8.88. The second kappa shape index (κ2) is 7.17. The van der Waals surface area contributed by atoms with E-state index >= 15 is 0 Å². The van der Waals surface area contributed by atoms with E-state index in [1.54, 1.807) is 6.07 Å². The molecule has 0 unspecified atom stereocenters. The zero-order chi connectivity index (χ0) is 19.0. The van der Waals surface area contributed by atoms with E-state index in [1.807, 2.05) is 31.4 Å². The van der Waals surface area contributed by atoms with E-state index in [9.17, 15) is 4.79 Å². The average molecular weight is 370 g/mol. The minimum Gasteiger partial charge on any atom is -0.464 e. The van der Waals surface area contributed by atoms with Crippen LogP contribution in [-0.2, 0) is 6.54 Å². The van der Waals surface area contributed by atoms with Gasteiger partial charge >= 0.3 is 6.01 Å². The smallest absolute Gasteiger partial charge is 0.323 e. The van der Waals surface area contributed by atoms with Gasteiger partial charge < -0.3 is 19.5 Å². The SMILES string of the molecule is CCOc1nc(NC(C)C)nc(N2C[C@@H]3C[C@H](C2)c2cccc(=O)n2C3)n1. The maximum absolute atomic E-state index is 12.2. The lowest BCUT2D eigenvalue weighted by atomic mass is 9.83. The maximum Gasteiger partial charge on any atom is 0.323 e. The molecule has 0 saturated carbocycles. The second-order valence-electron chi connectivity index (χ2n) is 7.58. The summed E-state index contributed by atoms with van der Waals surface area (Å²) in [6, 6.07) is 6.13. The van der Waals surface area contributed by atoms with E-state index in [4.69, 9.17) is 4.74 Å². The lowest BCUT2D eigenvalue weighted by Crippen LogP contribution is -2.47. The fourth-order valence-corrected chi connectivity index (χ4v) is 4.06. The van der Waals surface area contributed by atoms with Crippen LogP contribution in [0.3, 0.4) is 0 Å². The van der Waals surface area contributed by atoms with E-state index in [0.717, 1.165) is 31.7 Å². The van der Waals surface area contributed by atoms with Gasteiger partial charge in [-0.25, -0.2) is 0 Å². The molecule has 4 rings (SSSR count). The van der Waals surface area contributed by atoms with E-state index < -0.39 is 0 Å². The fourth-order valence-electron chi connectivity index (χ4n) is 4.06. The summed E-state index contributed by atoms with van der Waals surface area (Å²) in [7, 11) is 0. The molecule has 8 heteroatoms. The van der Waals surface area contributed by atoms with Crippen molar-refractivity contribution >= 4 is 11.9 Å². The Morgan fingerprint density at radius 3 is 2.85 bits per heavy atom. The van der Waals surface area contributed by atoms with Crippen molar-refractivity contribution in [2.45, 2.75) is 45.7 Å². The molecule has 4 heterocycles. The molecule has 1 saturated heterocycles. The van der Waals surface area contributed by atoms with Crippen molar-refractivity contribution in [3.8, 4) is 6.01 Å². The summed E-state index contributed by atoms with van der Waals surface area (Å²) in [5.74, 6) is 1.88. The topological polar surface area (TPSA) is 85.2 Å². The molecule has 8 nitrogen and oxygen atoms in total. The van der Waals surface area contributed by atoms with Gasteiger partial charge in [0.1, 0.15) is 0 Å². The first kappa shape index (κ1) is 17.8. The number of hydrogen-bond acceptors (Lipinski definition) is 7. The van der Waals surface area contributed by atoms with Crippen molar-refractivity contribution in [3.05, 3.63) is 34.2 Å². The predicted molar refractivity (Wildman–Crippen MR) is 104 cm³/mol. The molecule has 1 N–H and O–H groups in total. The van der Waals surface area contributed by atoms with Gasteiger partial charge in [-0.15, -0.1) is 0 Å². The minimum absolute atomic E-state index is 0.0952. The van der Waals surface area contributed by atoms with Gasteiger partial charge in [-0.3, -0.25) is 4.79 Å². The van der Waals surface area contributed by atoms with Crippen molar-refractivity contribution in [1.29, 1.82) is 0 Å². The zero-order valence-corrected chi connectivity index (χ0v) is 16.1. The quantitative estimate of drug-likeness (QED) is 0.860.